The van der Waals surface area contributed by atoms with Gasteiger partial charge < -0.3 is 9.73 Å². The monoisotopic (exact) mass is 352 g/mol. The number of benzene rings is 2. The molecule has 0 spiro atoms. The number of nitrogens with one attached hydrogen (secondary N) is 1. The minimum atomic E-state index is -0.372. The van der Waals surface area contributed by atoms with E-state index in [1.165, 1.54) is 24.3 Å². The number of furan rings is 1. The van der Waals surface area contributed by atoms with Crippen molar-refractivity contribution >= 4 is 27.5 Å². The molecule has 2 heterocycles. The van der Waals surface area contributed by atoms with Crippen LogP contribution in [0.4, 0.5) is 4.39 Å². The van der Waals surface area contributed by atoms with Crippen LogP contribution in [0.15, 0.2) is 65.1 Å². The van der Waals surface area contributed by atoms with Gasteiger partial charge in [0.1, 0.15) is 11.6 Å². The molecule has 2 aromatic carbocycles. The average Bonchev–Trinajstić information content (AvgIpc) is 3.26. The van der Waals surface area contributed by atoms with E-state index in [0.29, 0.717) is 17.1 Å². The maximum atomic E-state index is 12.9. The average molecular weight is 352 g/mol. The van der Waals surface area contributed by atoms with E-state index in [0.717, 1.165) is 15.2 Å². The molecule has 4 aromatic rings. The zero-order valence-electron chi connectivity index (χ0n) is 13.0. The number of halogens is 1. The van der Waals surface area contributed by atoms with Gasteiger partial charge in [-0.3, -0.25) is 4.79 Å². The quantitative estimate of drug-likeness (QED) is 0.583. The maximum absolute atomic E-state index is 12.9. The van der Waals surface area contributed by atoms with Crippen molar-refractivity contribution in [1.82, 2.24) is 10.3 Å². The van der Waals surface area contributed by atoms with E-state index in [2.05, 4.69) is 10.3 Å². The molecule has 2 aromatic heterocycles. The summed E-state index contributed by atoms with van der Waals surface area (Å²) in [6.45, 7) is 0.251. The van der Waals surface area contributed by atoms with Gasteiger partial charge in [0.25, 0.3) is 5.91 Å². The van der Waals surface area contributed by atoms with E-state index < -0.39 is 0 Å². The van der Waals surface area contributed by atoms with Crippen molar-refractivity contribution in [3.8, 4) is 10.8 Å². The van der Waals surface area contributed by atoms with E-state index in [1.54, 1.807) is 11.3 Å². The number of hydrogen-bond acceptors (Lipinski definition) is 4. The number of carbonyl (C=O) groups is 1. The van der Waals surface area contributed by atoms with Gasteiger partial charge in [0, 0.05) is 5.56 Å². The van der Waals surface area contributed by atoms with Crippen molar-refractivity contribution in [2.75, 3.05) is 0 Å². The highest BCUT2D eigenvalue weighted by Crippen LogP contribution is 2.31. The summed E-state index contributed by atoms with van der Waals surface area (Å²) in [5.41, 5.74) is 1.34. The van der Waals surface area contributed by atoms with Crippen molar-refractivity contribution < 1.29 is 13.6 Å². The van der Waals surface area contributed by atoms with Gasteiger partial charge in [-0.05, 0) is 48.5 Å². The molecule has 0 bridgehead atoms. The highest BCUT2D eigenvalue weighted by Gasteiger charge is 2.11. The summed E-state index contributed by atoms with van der Waals surface area (Å²) < 4.78 is 19.8. The van der Waals surface area contributed by atoms with E-state index in [9.17, 15) is 9.18 Å². The number of amides is 1. The molecule has 0 saturated heterocycles. The van der Waals surface area contributed by atoms with E-state index in [4.69, 9.17) is 4.42 Å². The number of fused-ring (bicyclic) bond motifs is 1. The predicted molar refractivity (Wildman–Crippen MR) is 94.9 cm³/mol. The van der Waals surface area contributed by atoms with Crippen molar-refractivity contribution in [3.63, 3.8) is 0 Å². The van der Waals surface area contributed by atoms with Crippen LogP contribution < -0.4 is 5.32 Å². The predicted octanol–water partition coefficient (Wildman–Crippen LogP) is 4.63. The summed E-state index contributed by atoms with van der Waals surface area (Å²) in [6, 6.07) is 17.0. The fourth-order valence-corrected chi connectivity index (χ4v) is 3.36. The van der Waals surface area contributed by atoms with Gasteiger partial charge >= 0.3 is 0 Å². The standard InChI is InChI=1S/C19H13FN2O2S/c20-13-7-5-12(6-8-13)18(23)21-11-14-9-10-16(24-14)19-22-15-3-1-2-4-17(15)25-19/h1-10H,11H2,(H,21,23). The lowest BCUT2D eigenvalue weighted by Gasteiger charge is -2.03. The van der Waals surface area contributed by atoms with Crippen molar-refractivity contribution in [3.05, 3.63) is 77.8 Å². The van der Waals surface area contributed by atoms with E-state index in [1.807, 2.05) is 36.4 Å². The summed E-state index contributed by atoms with van der Waals surface area (Å²) in [6.07, 6.45) is 0. The van der Waals surface area contributed by atoms with Gasteiger partial charge in [-0.1, -0.05) is 12.1 Å². The number of carbonyl (C=O) groups excluding carboxylic acids is 1. The lowest BCUT2D eigenvalue weighted by molar-refractivity contribution is 0.0948. The molecule has 4 nitrogen and oxygen atoms in total. The molecule has 6 heteroatoms. The molecule has 1 N–H and O–H groups in total. The first-order valence-electron chi connectivity index (χ1n) is 7.67. The highest BCUT2D eigenvalue weighted by molar-refractivity contribution is 7.21. The van der Waals surface area contributed by atoms with Crippen LogP contribution in [-0.4, -0.2) is 10.9 Å². The molecular formula is C19H13FN2O2S. The van der Waals surface area contributed by atoms with Crippen LogP contribution in [-0.2, 0) is 6.54 Å². The first kappa shape index (κ1) is 15.5. The molecule has 0 radical (unpaired) electrons. The minimum Gasteiger partial charge on any atom is -0.457 e. The molecule has 0 saturated carbocycles. The summed E-state index contributed by atoms with van der Waals surface area (Å²) in [5, 5.41) is 3.56. The lowest BCUT2D eigenvalue weighted by atomic mass is 10.2. The first-order chi connectivity index (χ1) is 12.2. The second kappa shape index (κ2) is 6.49. The van der Waals surface area contributed by atoms with E-state index in [-0.39, 0.29) is 18.3 Å². The number of nitrogens with zero attached hydrogens (tertiary/aromatic N) is 1. The summed E-state index contributed by atoms with van der Waals surface area (Å²) in [5.74, 6) is 0.651. The summed E-state index contributed by atoms with van der Waals surface area (Å²) in [7, 11) is 0. The number of para-hydroxylation sites is 1. The molecule has 0 aliphatic carbocycles. The van der Waals surface area contributed by atoms with Crippen molar-refractivity contribution in [2.45, 2.75) is 6.54 Å². The second-order valence-corrected chi connectivity index (χ2v) is 6.47. The maximum Gasteiger partial charge on any atom is 0.251 e. The van der Waals surface area contributed by atoms with Crippen LogP contribution in [0.3, 0.4) is 0 Å². The van der Waals surface area contributed by atoms with Gasteiger partial charge in [-0.2, -0.15) is 0 Å². The summed E-state index contributed by atoms with van der Waals surface area (Å²) >= 11 is 1.56. The van der Waals surface area contributed by atoms with Gasteiger partial charge in [-0.25, -0.2) is 9.37 Å². The highest BCUT2D eigenvalue weighted by atomic mass is 32.1. The summed E-state index contributed by atoms with van der Waals surface area (Å²) in [4.78, 5) is 16.6. The molecule has 0 aliphatic heterocycles. The Kier molecular flexibility index (Phi) is 4.03. The molecule has 0 unspecified atom stereocenters. The molecule has 0 fully saturated rings. The third kappa shape index (κ3) is 3.29. The fraction of sp³-hybridized carbons (Fsp3) is 0.0526. The van der Waals surface area contributed by atoms with Crippen molar-refractivity contribution in [2.24, 2.45) is 0 Å². The Morgan fingerprint density at radius 2 is 1.88 bits per heavy atom. The van der Waals surface area contributed by atoms with E-state index >= 15 is 0 Å². The van der Waals surface area contributed by atoms with Crippen LogP contribution in [0.5, 0.6) is 0 Å². The van der Waals surface area contributed by atoms with Crippen LogP contribution in [0.25, 0.3) is 21.0 Å². The largest absolute Gasteiger partial charge is 0.457 e. The third-order valence-electron chi connectivity index (χ3n) is 3.70. The molecule has 124 valence electrons. The molecule has 0 atom stereocenters. The molecule has 25 heavy (non-hydrogen) atoms. The van der Waals surface area contributed by atoms with Crippen LogP contribution in [0.2, 0.25) is 0 Å². The Balaban J connectivity index is 1.46. The minimum absolute atomic E-state index is 0.251. The first-order valence-corrected chi connectivity index (χ1v) is 8.49. The molecule has 4 rings (SSSR count). The van der Waals surface area contributed by atoms with Crippen LogP contribution in [0.1, 0.15) is 16.1 Å². The topological polar surface area (TPSA) is 55.1 Å². The number of hydrogen-bond donors (Lipinski definition) is 1. The fourth-order valence-electron chi connectivity index (χ4n) is 2.44. The second-order valence-electron chi connectivity index (χ2n) is 5.44. The van der Waals surface area contributed by atoms with Crippen LogP contribution >= 0.6 is 11.3 Å². The Morgan fingerprint density at radius 1 is 1.08 bits per heavy atom. The Hall–Kier alpha value is -2.99. The zero-order valence-corrected chi connectivity index (χ0v) is 13.8. The Bertz CT molecular complexity index is 1000. The van der Waals surface area contributed by atoms with Crippen molar-refractivity contribution in [1.29, 1.82) is 0 Å². The molecule has 0 aliphatic rings. The number of rotatable bonds is 4. The smallest absolute Gasteiger partial charge is 0.251 e. The number of thiazole rings is 1. The van der Waals surface area contributed by atoms with Gasteiger partial charge in [-0.15, -0.1) is 11.3 Å². The third-order valence-corrected chi connectivity index (χ3v) is 4.75. The lowest BCUT2D eigenvalue weighted by Crippen LogP contribution is -2.22. The Morgan fingerprint density at radius 3 is 2.68 bits per heavy atom. The molecular weight excluding hydrogens is 339 g/mol. The normalized spacial score (nSPS) is 10.9. The zero-order chi connectivity index (χ0) is 17.2. The van der Waals surface area contributed by atoms with Gasteiger partial charge in [0.15, 0.2) is 10.8 Å². The molecule has 1 amide bonds. The SMILES string of the molecule is O=C(NCc1ccc(-c2nc3ccccc3s2)o1)c1ccc(F)cc1. The Labute approximate surface area is 146 Å². The van der Waals surface area contributed by atoms with Gasteiger partial charge in [0.2, 0.25) is 0 Å². The van der Waals surface area contributed by atoms with Crippen LogP contribution in [0, 0.1) is 5.82 Å². The number of aromatic nitrogens is 1. The van der Waals surface area contributed by atoms with Gasteiger partial charge in [0.05, 0.1) is 16.8 Å².